The zero-order valence-corrected chi connectivity index (χ0v) is 16.9. The number of aromatic hydroxyl groups is 1. The van der Waals surface area contributed by atoms with Crippen LogP contribution in [0, 0.1) is 12.7 Å². The number of phenols is 1. The Kier molecular flexibility index (Phi) is 4.59. The van der Waals surface area contributed by atoms with Crippen LogP contribution in [0.3, 0.4) is 0 Å². The van der Waals surface area contributed by atoms with Crippen LogP contribution >= 0.6 is 11.5 Å². The molecule has 2 N–H and O–H groups in total. The summed E-state index contributed by atoms with van der Waals surface area (Å²) in [5, 5.41) is 13.9. The second kappa shape index (κ2) is 6.83. The van der Waals surface area contributed by atoms with E-state index >= 15 is 0 Å². The minimum absolute atomic E-state index is 0.0671. The van der Waals surface area contributed by atoms with Crippen molar-refractivity contribution in [2.24, 2.45) is 0 Å². The molecule has 1 aromatic heterocycles. The molecule has 0 aliphatic carbocycles. The Labute approximate surface area is 167 Å². The minimum atomic E-state index is -0.512. The van der Waals surface area contributed by atoms with Crippen molar-refractivity contribution in [3.8, 4) is 16.9 Å². The van der Waals surface area contributed by atoms with Crippen molar-refractivity contribution in [1.29, 1.82) is 0 Å². The fraction of sp³-hybridized carbons (Fsp3) is 0.333. The lowest BCUT2D eigenvalue weighted by molar-refractivity contribution is 0.0654. The maximum atomic E-state index is 14.6. The fourth-order valence-electron chi connectivity index (χ4n) is 3.86. The van der Waals surface area contributed by atoms with Crippen molar-refractivity contribution in [3.05, 3.63) is 47.4 Å². The smallest absolute Gasteiger partial charge is 0.255 e. The summed E-state index contributed by atoms with van der Waals surface area (Å²) in [4.78, 5) is 15.2. The number of amides is 1. The number of fused-ring (bicyclic) bond motifs is 1. The number of piperazine rings is 1. The molecule has 7 heteroatoms. The van der Waals surface area contributed by atoms with Gasteiger partial charge in [0.2, 0.25) is 0 Å². The molecule has 0 atom stereocenters. The topological polar surface area (TPSA) is 65.5 Å². The van der Waals surface area contributed by atoms with Crippen molar-refractivity contribution < 1.29 is 14.3 Å². The predicted molar refractivity (Wildman–Crippen MR) is 109 cm³/mol. The van der Waals surface area contributed by atoms with E-state index in [1.807, 2.05) is 11.0 Å². The van der Waals surface area contributed by atoms with Gasteiger partial charge in [0, 0.05) is 48.4 Å². The number of benzene rings is 2. The molecule has 1 amide bonds. The Bertz CT molecular complexity index is 1050. The third kappa shape index (κ3) is 3.36. The van der Waals surface area contributed by atoms with Crippen LogP contribution in [0.2, 0.25) is 0 Å². The van der Waals surface area contributed by atoms with Gasteiger partial charge in [0.05, 0.1) is 10.3 Å². The summed E-state index contributed by atoms with van der Waals surface area (Å²) < 4.78 is 19.7. The van der Waals surface area contributed by atoms with Gasteiger partial charge in [0.25, 0.3) is 5.91 Å². The van der Waals surface area contributed by atoms with E-state index < -0.39 is 5.82 Å². The summed E-state index contributed by atoms with van der Waals surface area (Å²) in [5.41, 5.74) is 2.00. The number of hydrogen-bond donors (Lipinski definition) is 2. The van der Waals surface area contributed by atoms with Crippen LogP contribution in [0.25, 0.3) is 21.2 Å². The molecule has 0 bridgehead atoms. The van der Waals surface area contributed by atoms with Gasteiger partial charge in [-0.3, -0.25) is 4.79 Å². The molecule has 0 radical (unpaired) electrons. The summed E-state index contributed by atoms with van der Waals surface area (Å²) in [6.45, 7) is 7.84. The van der Waals surface area contributed by atoms with Gasteiger partial charge in [0.1, 0.15) is 11.6 Å². The molecular weight excluding hydrogens is 377 g/mol. The number of carbonyl (C=O) groups is 1. The highest BCUT2D eigenvalue weighted by Crippen LogP contribution is 2.35. The molecule has 28 heavy (non-hydrogen) atoms. The van der Waals surface area contributed by atoms with Gasteiger partial charge in [0.15, 0.2) is 0 Å². The number of phenolic OH excluding ortho intramolecular Hbond substituents is 1. The Hall–Kier alpha value is -2.51. The quantitative estimate of drug-likeness (QED) is 0.685. The Morgan fingerprint density at radius 1 is 1.32 bits per heavy atom. The van der Waals surface area contributed by atoms with Gasteiger partial charge in [-0.2, -0.15) is 4.37 Å². The van der Waals surface area contributed by atoms with Crippen molar-refractivity contribution in [2.75, 3.05) is 19.6 Å². The third-order valence-electron chi connectivity index (χ3n) is 5.10. The Balaban J connectivity index is 1.84. The van der Waals surface area contributed by atoms with E-state index in [0.29, 0.717) is 35.3 Å². The largest absolute Gasteiger partial charge is 0.508 e. The van der Waals surface area contributed by atoms with E-state index in [2.05, 4.69) is 23.5 Å². The monoisotopic (exact) mass is 399 g/mol. The van der Waals surface area contributed by atoms with E-state index in [1.54, 1.807) is 19.2 Å². The summed E-state index contributed by atoms with van der Waals surface area (Å²) in [5.74, 6) is -0.694. The number of aryl methyl sites for hydroxylation is 1. The highest BCUT2D eigenvalue weighted by Gasteiger charge is 2.30. The van der Waals surface area contributed by atoms with Gasteiger partial charge in [-0.15, -0.1) is 0 Å². The van der Waals surface area contributed by atoms with Crippen LogP contribution in [0.4, 0.5) is 4.39 Å². The van der Waals surface area contributed by atoms with E-state index in [9.17, 15) is 14.3 Å². The maximum absolute atomic E-state index is 14.6. The summed E-state index contributed by atoms with van der Waals surface area (Å²) in [6.07, 6.45) is 1.70. The fourth-order valence-corrected chi connectivity index (χ4v) is 4.60. The average molecular weight is 399 g/mol. The lowest BCUT2D eigenvalue weighted by atomic mass is 9.95. The SMILES string of the molecule is Cc1cc(O)cc(F)c1-c1cc(C(=O)N2CCNC(C)(C)C2)c2sncc2c1. The van der Waals surface area contributed by atoms with Crippen LogP contribution in [-0.2, 0) is 0 Å². The van der Waals surface area contributed by atoms with E-state index in [4.69, 9.17) is 0 Å². The standard InChI is InChI=1S/C21H22FN3O2S/c1-12-6-15(26)9-17(22)18(12)13-7-14-10-24-28-19(14)16(8-13)20(27)25-5-4-23-21(2,3)11-25/h6-10,23,26H,4-5,11H2,1-3H3. The first-order chi connectivity index (χ1) is 13.2. The highest BCUT2D eigenvalue weighted by atomic mass is 32.1. The van der Waals surface area contributed by atoms with Crippen LogP contribution < -0.4 is 5.32 Å². The van der Waals surface area contributed by atoms with Crippen LogP contribution in [0.15, 0.2) is 30.5 Å². The molecular formula is C21H22FN3O2S. The highest BCUT2D eigenvalue weighted by molar-refractivity contribution is 7.13. The predicted octanol–water partition coefficient (Wildman–Crippen LogP) is 3.94. The summed E-state index contributed by atoms with van der Waals surface area (Å²) in [7, 11) is 0. The molecule has 5 nitrogen and oxygen atoms in total. The molecule has 1 fully saturated rings. The van der Waals surface area contributed by atoms with Crippen molar-refractivity contribution in [2.45, 2.75) is 26.3 Å². The number of carbonyl (C=O) groups excluding carboxylic acids is 1. The number of aromatic nitrogens is 1. The number of rotatable bonds is 2. The van der Waals surface area contributed by atoms with Gasteiger partial charge in [-0.25, -0.2) is 4.39 Å². The van der Waals surface area contributed by atoms with Crippen molar-refractivity contribution in [1.82, 2.24) is 14.6 Å². The number of nitrogens with zero attached hydrogens (tertiary/aromatic N) is 2. The van der Waals surface area contributed by atoms with Gasteiger partial charge < -0.3 is 15.3 Å². The molecule has 4 rings (SSSR count). The van der Waals surface area contributed by atoms with E-state index in [1.165, 1.54) is 17.6 Å². The molecule has 1 aliphatic rings. The van der Waals surface area contributed by atoms with Crippen molar-refractivity contribution in [3.63, 3.8) is 0 Å². The van der Waals surface area contributed by atoms with E-state index in [0.717, 1.165) is 22.7 Å². The second-order valence-corrected chi connectivity index (χ2v) is 8.73. The Morgan fingerprint density at radius 3 is 2.82 bits per heavy atom. The Morgan fingerprint density at radius 2 is 2.11 bits per heavy atom. The molecule has 1 aliphatic heterocycles. The first-order valence-corrected chi connectivity index (χ1v) is 9.95. The normalized spacial score (nSPS) is 16.5. The number of nitrogens with one attached hydrogen (secondary N) is 1. The molecule has 146 valence electrons. The molecule has 0 saturated carbocycles. The molecule has 3 aromatic rings. The maximum Gasteiger partial charge on any atom is 0.255 e. The van der Waals surface area contributed by atoms with Crippen LogP contribution in [0.1, 0.15) is 29.8 Å². The number of halogens is 1. The van der Waals surface area contributed by atoms with Crippen LogP contribution in [-0.4, -0.2) is 45.5 Å². The lowest BCUT2D eigenvalue weighted by Crippen LogP contribution is -2.58. The van der Waals surface area contributed by atoms with Gasteiger partial charge in [-0.1, -0.05) is 0 Å². The first kappa shape index (κ1) is 18.8. The lowest BCUT2D eigenvalue weighted by Gasteiger charge is -2.39. The first-order valence-electron chi connectivity index (χ1n) is 9.17. The third-order valence-corrected chi connectivity index (χ3v) is 5.95. The molecule has 0 unspecified atom stereocenters. The molecule has 1 saturated heterocycles. The molecule has 2 heterocycles. The van der Waals surface area contributed by atoms with Gasteiger partial charge in [-0.05, 0) is 61.6 Å². The summed E-state index contributed by atoms with van der Waals surface area (Å²) >= 11 is 1.27. The molecule has 0 spiro atoms. The number of hydrogen-bond acceptors (Lipinski definition) is 5. The minimum Gasteiger partial charge on any atom is -0.508 e. The van der Waals surface area contributed by atoms with Crippen LogP contribution in [0.5, 0.6) is 5.75 Å². The van der Waals surface area contributed by atoms with Crippen molar-refractivity contribution >= 4 is 27.5 Å². The van der Waals surface area contributed by atoms with E-state index in [-0.39, 0.29) is 17.2 Å². The zero-order chi connectivity index (χ0) is 20.1. The second-order valence-electron chi connectivity index (χ2n) is 7.92. The molecule has 2 aromatic carbocycles. The summed E-state index contributed by atoms with van der Waals surface area (Å²) in [6, 6.07) is 6.22. The zero-order valence-electron chi connectivity index (χ0n) is 16.0. The average Bonchev–Trinajstić information content (AvgIpc) is 3.07. The van der Waals surface area contributed by atoms with Gasteiger partial charge >= 0.3 is 0 Å².